The summed E-state index contributed by atoms with van der Waals surface area (Å²) in [6.07, 6.45) is 2.09. The average molecular weight is 489 g/mol. The van der Waals surface area contributed by atoms with Gasteiger partial charge in [0.05, 0.1) is 23.6 Å². The van der Waals surface area contributed by atoms with E-state index in [1.165, 1.54) is 36.0 Å². The molecule has 1 aliphatic rings. The van der Waals surface area contributed by atoms with E-state index >= 15 is 0 Å². The number of pyridine rings is 1. The molecule has 0 atom stereocenters. The van der Waals surface area contributed by atoms with Crippen LogP contribution in [-0.2, 0) is 17.8 Å². The van der Waals surface area contributed by atoms with E-state index in [4.69, 9.17) is 9.72 Å². The van der Waals surface area contributed by atoms with Crippen molar-refractivity contribution in [1.29, 1.82) is 0 Å². The van der Waals surface area contributed by atoms with Crippen molar-refractivity contribution in [1.82, 2.24) is 15.0 Å². The van der Waals surface area contributed by atoms with Gasteiger partial charge in [-0.25, -0.2) is 9.37 Å². The highest BCUT2D eigenvalue weighted by atomic mass is 32.2. The summed E-state index contributed by atoms with van der Waals surface area (Å²) in [6, 6.07) is 15.1. The van der Waals surface area contributed by atoms with E-state index in [0.717, 1.165) is 16.7 Å². The highest BCUT2D eigenvalue weighted by Gasteiger charge is 2.28. The number of carbonyl (C=O) groups excluding carboxylic acids is 1. The number of benzene rings is 2. The Morgan fingerprint density at radius 1 is 1.11 bits per heavy atom. The first-order chi connectivity index (χ1) is 17.0. The van der Waals surface area contributed by atoms with Gasteiger partial charge >= 0.3 is 0 Å². The maximum Gasteiger partial charge on any atom is 0.234 e. The number of rotatable bonds is 6. The van der Waals surface area contributed by atoms with Gasteiger partial charge in [0.25, 0.3) is 0 Å². The number of nitrogens with zero attached hydrogens (tertiary/aromatic N) is 3. The highest BCUT2D eigenvalue weighted by Crippen LogP contribution is 2.42. The molecule has 0 radical (unpaired) electrons. The molecule has 2 N–H and O–H groups in total. The van der Waals surface area contributed by atoms with Gasteiger partial charge in [0, 0.05) is 35.0 Å². The zero-order valence-electron chi connectivity index (χ0n) is 18.8. The van der Waals surface area contributed by atoms with E-state index in [9.17, 15) is 14.3 Å². The van der Waals surface area contributed by atoms with Crippen molar-refractivity contribution in [2.75, 3.05) is 11.1 Å². The summed E-state index contributed by atoms with van der Waals surface area (Å²) in [6.45, 7) is 1.68. The van der Waals surface area contributed by atoms with E-state index in [1.54, 1.807) is 6.20 Å². The van der Waals surface area contributed by atoms with Gasteiger partial charge in [0.2, 0.25) is 11.8 Å². The third-order valence-corrected chi connectivity index (χ3v) is 6.58. The molecule has 1 amide bonds. The summed E-state index contributed by atoms with van der Waals surface area (Å²) in [5.74, 6) is 0.956. The van der Waals surface area contributed by atoms with E-state index in [1.807, 2.05) is 37.3 Å². The van der Waals surface area contributed by atoms with Crippen molar-refractivity contribution in [3.63, 3.8) is 0 Å². The molecule has 3 heterocycles. The molecule has 0 saturated carbocycles. The zero-order valence-corrected chi connectivity index (χ0v) is 19.6. The summed E-state index contributed by atoms with van der Waals surface area (Å²) in [5.41, 5.74) is 4.29. The first-order valence-corrected chi connectivity index (χ1v) is 11.9. The molecule has 176 valence electrons. The van der Waals surface area contributed by atoms with Gasteiger partial charge in [-0.2, -0.15) is 4.98 Å². The summed E-state index contributed by atoms with van der Waals surface area (Å²) < 4.78 is 19.3. The number of ether oxygens (including phenoxy) is 1. The van der Waals surface area contributed by atoms with Gasteiger partial charge < -0.3 is 15.2 Å². The number of nitrogens with one attached hydrogen (secondary N) is 1. The van der Waals surface area contributed by atoms with Crippen LogP contribution in [0.25, 0.3) is 11.4 Å². The maximum absolute atomic E-state index is 13.2. The molecule has 0 unspecified atom stereocenters. The Bertz CT molecular complexity index is 1400. The predicted octanol–water partition coefficient (Wildman–Crippen LogP) is 4.91. The van der Waals surface area contributed by atoms with E-state index in [2.05, 4.69) is 15.3 Å². The first-order valence-electron chi connectivity index (χ1n) is 10.9. The summed E-state index contributed by atoms with van der Waals surface area (Å²) in [7, 11) is 0. The highest BCUT2D eigenvalue weighted by molar-refractivity contribution is 8.00. The number of fused-ring (bicyclic) bond motifs is 2. The molecule has 0 saturated heterocycles. The second kappa shape index (κ2) is 9.81. The number of aryl methyl sites for hydroxylation is 1. The lowest BCUT2D eigenvalue weighted by molar-refractivity contribution is -0.113. The zero-order chi connectivity index (χ0) is 24.4. The Morgan fingerprint density at radius 2 is 1.89 bits per heavy atom. The molecule has 2 aromatic carbocycles. The largest absolute Gasteiger partial charge is 0.436 e. The van der Waals surface area contributed by atoms with E-state index in [0.29, 0.717) is 45.8 Å². The number of aliphatic hydroxyl groups is 1. The Kier molecular flexibility index (Phi) is 6.43. The summed E-state index contributed by atoms with van der Waals surface area (Å²) in [4.78, 5) is 26.4. The van der Waals surface area contributed by atoms with Crippen molar-refractivity contribution in [2.24, 2.45) is 0 Å². The van der Waals surface area contributed by atoms with Crippen LogP contribution in [0.5, 0.6) is 11.6 Å². The number of aromatic nitrogens is 3. The van der Waals surface area contributed by atoms with Crippen LogP contribution < -0.4 is 10.1 Å². The van der Waals surface area contributed by atoms with Crippen molar-refractivity contribution in [3.8, 4) is 23.0 Å². The minimum atomic E-state index is -0.369. The quantitative estimate of drug-likeness (QED) is 0.259. The smallest absolute Gasteiger partial charge is 0.234 e. The van der Waals surface area contributed by atoms with Crippen LogP contribution in [0, 0.1) is 12.7 Å². The minimum absolute atomic E-state index is 0.0874. The molecule has 0 fully saturated rings. The SMILES string of the molecule is Cc1ncc(CO)c2c1Oc1nc(-c3ccccc3)nc(SCC(=O)Nc3ccc(F)cc3)c1C2. The van der Waals surface area contributed by atoms with Crippen molar-refractivity contribution >= 4 is 23.4 Å². The number of carbonyl (C=O) groups is 1. The molecule has 9 heteroatoms. The van der Waals surface area contributed by atoms with Gasteiger partial charge in [-0.05, 0) is 31.2 Å². The van der Waals surface area contributed by atoms with Crippen LogP contribution in [0.4, 0.5) is 10.1 Å². The minimum Gasteiger partial charge on any atom is -0.436 e. The number of hydrogen-bond donors (Lipinski definition) is 2. The Morgan fingerprint density at radius 3 is 2.63 bits per heavy atom. The van der Waals surface area contributed by atoms with Crippen LogP contribution in [0.15, 0.2) is 65.8 Å². The number of hydrogen-bond acceptors (Lipinski definition) is 7. The van der Waals surface area contributed by atoms with Crippen LogP contribution in [0.1, 0.15) is 22.4 Å². The number of amides is 1. The first kappa shape index (κ1) is 22.9. The fourth-order valence-corrected chi connectivity index (χ4v) is 4.62. The number of thioether (sulfide) groups is 1. The molecule has 1 aliphatic heterocycles. The summed E-state index contributed by atoms with van der Waals surface area (Å²) >= 11 is 1.27. The number of halogens is 1. The molecule has 4 aromatic rings. The van der Waals surface area contributed by atoms with Gasteiger partial charge in [0.15, 0.2) is 11.6 Å². The molecule has 2 aromatic heterocycles. The van der Waals surface area contributed by atoms with Gasteiger partial charge in [-0.15, -0.1) is 0 Å². The number of anilines is 1. The fourth-order valence-electron chi connectivity index (χ4n) is 3.79. The van der Waals surface area contributed by atoms with E-state index < -0.39 is 0 Å². The maximum atomic E-state index is 13.2. The van der Waals surface area contributed by atoms with Gasteiger partial charge in [-0.3, -0.25) is 9.78 Å². The number of aliphatic hydroxyl groups excluding tert-OH is 1. The Labute approximate surface area is 205 Å². The molecular weight excluding hydrogens is 467 g/mol. The molecule has 35 heavy (non-hydrogen) atoms. The third kappa shape index (κ3) is 4.87. The van der Waals surface area contributed by atoms with Crippen LogP contribution >= 0.6 is 11.8 Å². The lowest BCUT2D eigenvalue weighted by atomic mass is 9.99. The molecule has 7 nitrogen and oxygen atoms in total. The monoisotopic (exact) mass is 488 g/mol. The summed E-state index contributed by atoms with van der Waals surface area (Å²) in [5, 5.41) is 13.2. The average Bonchev–Trinajstić information content (AvgIpc) is 2.88. The predicted molar refractivity (Wildman–Crippen MR) is 131 cm³/mol. The third-order valence-electron chi connectivity index (χ3n) is 5.56. The molecule has 0 spiro atoms. The normalized spacial score (nSPS) is 11.9. The van der Waals surface area contributed by atoms with Crippen LogP contribution in [0.2, 0.25) is 0 Å². The molecule has 0 bridgehead atoms. The Hall–Kier alpha value is -3.82. The van der Waals surface area contributed by atoms with Crippen molar-refractivity contribution in [3.05, 3.63) is 89.0 Å². The topological polar surface area (TPSA) is 97.2 Å². The molecule has 5 rings (SSSR count). The van der Waals surface area contributed by atoms with Crippen LogP contribution in [-0.4, -0.2) is 31.7 Å². The lowest BCUT2D eigenvalue weighted by Crippen LogP contribution is -2.16. The lowest BCUT2D eigenvalue weighted by Gasteiger charge is -2.24. The van der Waals surface area contributed by atoms with Crippen molar-refractivity contribution < 1.29 is 19.0 Å². The van der Waals surface area contributed by atoms with Crippen LogP contribution in [0.3, 0.4) is 0 Å². The Balaban J connectivity index is 1.47. The van der Waals surface area contributed by atoms with E-state index in [-0.39, 0.29) is 24.1 Å². The van der Waals surface area contributed by atoms with Gasteiger partial charge in [-0.1, -0.05) is 42.1 Å². The second-order valence-electron chi connectivity index (χ2n) is 7.96. The van der Waals surface area contributed by atoms with Gasteiger partial charge in [0.1, 0.15) is 10.8 Å². The standard InChI is InChI=1S/C26H21FN4O3S/c1-15-23-20(17(13-32)12-28-15)11-21-25(34-23)30-24(16-5-3-2-4-6-16)31-26(21)35-14-22(33)29-19-9-7-18(27)8-10-19/h2-10,12,32H,11,13-14H2,1H3,(H,29,33). The molecule has 0 aliphatic carbocycles. The van der Waals surface area contributed by atoms with Crippen molar-refractivity contribution in [2.45, 2.75) is 25.0 Å². The second-order valence-corrected chi connectivity index (χ2v) is 8.92. The molecular formula is C26H21FN4O3S. The fraction of sp³-hybridized carbons (Fsp3) is 0.154.